The van der Waals surface area contributed by atoms with Crippen molar-refractivity contribution in [3.05, 3.63) is 84.0 Å². The Morgan fingerprint density at radius 1 is 1.17 bits per heavy atom. The van der Waals surface area contributed by atoms with Crippen molar-refractivity contribution in [2.24, 2.45) is 0 Å². The number of benzene rings is 2. The monoisotopic (exact) mass is 497 g/mol. The number of allylic oxidation sites excluding steroid dienone is 1. The van der Waals surface area contributed by atoms with Crippen LogP contribution in [0, 0.1) is 5.82 Å². The summed E-state index contributed by atoms with van der Waals surface area (Å²) in [4.78, 5) is 36.4. The van der Waals surface area contributed by atoms with Crippen LogP contribution in [0.1, 0.15) is 39.5 Å². The number of nitrogens with zero attached hydrogens (tertiary/aromatic N) is 3. The average Bonchev–Trinajstić information content (AvgIpc) is 3.25. The van der Waals surface area contributed by atoms with E-state index in [1.165, 1.54) is 25.3 Å². The van der Waals surface area contributed by atoms with E-state index in [4.69, 9.17) is 0 Å². The number of halogens is 1. The Bertz CT molecular complexity index is 1230. The molecule has 1 aromatic heterocycles. The normalized spacial score (nSPS) is 11.4. The lowest BCUT2D eigenvalue weighted by atomic mass is 10.2. The zero-order valence-electron chi connectivity index (χ0n) is 19.2. The number of aromatic nitrogens is 3. The summed E-state index contributed by atoms with van der Waals surface area (Å²) in [6, 6.07) is 11.4. The van der Waals surface area contributed by atoms with E-state index in [9.17, 15) is 18.8 Å². The van der Waals surface area contributed by atoms with Crippen molar-refractivity contribution in [1.82, 2.24) is 20.1 Å². The molecule has 11 heteroatoms. The van der Waals surface area contributed by atoms with Gasteiger partial charge in [0, 0.05) is 12.2 Å². The highest BCUT2D eigenvalue weighted by Crippen LogP contribution is 2.22. The Morgan fingerprint density at radius 3 is 2.54 bits per heavy atom. The number of thioether (sulfide) groups is 1. The van der Waals surface area contributed by atoms with Gasteiger partial charge in [0.15, 0.2) is 11.0 Å². The molecule has 2 amide bonds. The summed E-state index contributed by atoms with van der Waals surface area (Å²) in [7, 11) is 1.30. The van der Waals surface area contributed by atoms with Crippen LogP contribution in [0.5, 0.6) is 0 Å². The topological polar surface area (TPSA) is 115 Å². The molecule has 1 heterocycles. The lowest BCUT2D eigenvalue weighted by molar-refractivity contribution is -0.113. The molecule has 0 aliphatic carbocycles. The highest BCUT2D eigenvalue weighted by atomic mass is 32.2. The molecule has 2 aromatic carbocycles. The third kappa shape index (κ3) is 6.54. The SMILES string of the molecule is C=CCn1c(SCC(=O)Nc2ccc(C(=O)OC)cc2)nnc1[C@H](C)NC(=O)c1ccccc1F. The fourth-order valence-corrected chi connectivity index (χ4v) is 3.90. The van der Waals surface area contributed by atoms with E-state index < -0.39 is 23.7 Å². The maximum Gasteiger partial charge on any atom is 0.337 e. The molecular formula is C24H24FN5O4S. The highest BCUT2D eigenvalue weighted by Gasteiger charge is 2.21. The molecule has 0 fully saturated rings. The molecule has 0 bridgehead atoms. The second kappa shape index (κ2) is 11.9. The van der Waals surface area contributed by atoms with Crippen LogP contribution >= 0.6 is 11.8 Å². The molecule has 3 aromatic rings. The number of esters is 1. The predicted molar refractivity (Wildman–Crippen MR) is 130 cm³/mol. The van der Waals surface area contributed by atoms with E-state index in [0.29, 0.717) is 28.8 Å². The van der Waals surface area contributed by atoms with Gasteiger partial charge in [0.05, 0.1) is 30.0 Å². The number of methoxy groups -OCH3 is 1. The van der Waals surface area contributed by atoms with Gasteiger partial charge in [0.25, 0.3) is 5.91 Å². The van der Waals surface area contributed by atoms with Gasteiger partial charge in [-0.05, 0) is 43.3 Å². The number of anilines is 1. The minimum Gasteiger partial charge on any atom is -0.465 e. The van der Waals surface area contributed by atoms with Crippen LogP contribution in [0.2, 0.25) is 0 Å². The molecule has 0 unspecified atom stereocenters. The van der Waals surface area contributed by atoms with Gasteiger partial charge in [-0.3, -0.25) is 9.59 Å². The van der Waals surface area contributed by atoms with Crippen molar-refractivity contribution in [1.29, 1.82) is 0 Å². The van der Waals surface area contributed by atoms with Gasteiger partial charge >= 0.3 is 5.97 Å². The van der Waals surface area contributed by atoms with Crippen molar-refractivity contribution in [3.8, 4) is 0 Å². The molecule has 3 rings (SSSR count). The highest BCUT2D eigenvalue weighted by molar-refractivity contribution is 7.99. The summed E-state index contributed by atoms with van der Waals surface area (Å²) in [5.41, 5.74) is 0.835. The fourth-order valence-electron chi connectivity index (χ4n) is 3.15. The molecule has 0 spiro atoms. The zero-order valence-corrected chi connectivity index (χ0v) is 20.0. The number of ether oxygens (including phenoxy) is 1. The molecule has 9 nitrogen and oxygen atoms in total. The maximum absolute atomic E-state index is 13.9. The Morgan fingerprint density at radius 2 is 1.89 bits per heavy atom. The summed E-state index contributed by atoms with van der Waals surface area (Å²) >= 11 is 1.16. The lowest BCUT2D eigenvalue weighted by Crippen LogP contribution is -2.29. The number of hydrogen-bond donors (Lipinski definition) is 2. The smallest absolute Gasteiger partial charge is 0.337 e. The van der Waals surface area contributed by atoms with Crippen LogP contribution in [0.3, 0.4) is 0 Å². The summed E-state index contributed by atoms with van der Waals surface area (Å²) in [5.74, 6) is -1.45. The van der Waals surface area contributed by atoms with Crippen LogP contribution in [0.25, 0.3) is 0 Å². The van der Waals surface area contributed by atoms with E-state index in [-0.39, 0.29) is 17.2 Å². The Balaban J connectivity index is 1.64. The molecule has 0 saturated heterocycles. The predicted octanol–water partition coefficient (Wildman–Crippen LogP) is 3.61. The molecule has 0 aliphatic heterocycles. The van der Waals surface area contributed by atoms with Crippen LogP contribution in [0.4, 0.5) is 10.1 Å². The van der Waals surface area contributed by atoms with E-state index in [2.05, 4.69) is 32.1 Å². The first-order valence-electron chi connectivity index (χ1n) is 10.5. The van der Waals surface area contributed by atoms with Gasteiger partial charge < -0.3 is 19.9 Å². The van der Waals surface area contributed by atoms with Crippen LogP contribution in [-0.4, -0.2) is 45.4 Å². The number of nitrogens with one attached hydrogen (secondary N) is 2. The van der Waals surface area contributed by atoms with Gasteiger partial charge in [0.1, 0.15) is 5.82 Å². The largest absolute Gasteiger partial charge is 0.465 e. The second-order valence-corrected chi connectivity index (χ2v) is 8.26. The maximum atomic E-state index is 13.9. The minimum atomic E-state index is -0.619. The van der Waals surface area contributed by atoms with Crippen molar-refractivity contribution >= 4 is 35.2 Å². The van der Waals surface area contributed by atoms with Crippen molar-refractivity contribution in [2.45, 2.75) is 24.7 Å². The minimum absolute atomic E-state index is 0.0456. The summed E-state index contributed by atoms with van der Waals surface area (Å²) in [6.45, 7) is 5.80. The first-order valence-corrected chi connectivity index (χ1v) is 11.5. The van der Waals surface area contributed by atoms with E-state index in [1.54, 1.807) is 47.9 Å². The molecule has 0 aliphatic rings. The van der Waals surface area contributed by atoms with Crippen LogP contribution in [0.15, 0.2) is 66.3 Å². The van der Waals surface area contributed by atoms with Crippen molar-refractivity contribution < 1.29 is 23.5 Å². The molecule has 0 saturated carbocycles. The van der Waals surface area contributed by atoms with E-state index in [1.807, 2.05) is 0 Å². The Labute approximate surface area is 205 Å². The summed E-state index contributed by atoms with van der Waals surface area (Å²) in [6.07, 6.45) is 1.64. The molecule has 182 valence electrons. The van der Waals surface area contributed by atoms with Gasteiger partial charge in [-0.15, -0.1) is 16.8 Å². The molecule has 2 N–H and O–H groups in total. The number of carbonyl (C=O) groups is 3. The molecule has 35 heavy (non-hydrogen) atoms. The lowest BCUT2D eigenvalue weighted by Gasteiger charge is -2.15. The number of amides is 2. The van der Waals surface area contributed by atoms with Crippen LogP contribution < -0.4 is 10.6 Å². The Hall–Kier alpha value is -3.99. The third-order valence-electron chi connectivity index (χ3n) is 4.83. The summed E-state index contributed by atoms with van der Waals surface area (Å²) < 4.78 is 20.3. The molecular weight excluding hydrogens is 473 g/mol. The fraction of sp³-hybridized carbons (Fsp3) is 0.208. The third-order valence-corrected chi connectivity index (χ3v) is 5.80. The molecule has 1 atom stereocenters. The number of rotatable bonds is 10. The number of carbonyl (C=O) groups excluding carboxylic acids is 3. The standard InChI is InChI=1S/C24H24FN5O4S/c1-4-13-30-21(15(2)26-22(32)18-7-5-6-8-19(18)25)28-29-24(30)35-14-20(31)27-17-11-9-16(10-12-17)23(33)34-3/h4-12,15H,1,13-14H2,2-3H3,(H,26,32)(H,27,31)/t15-/m0/s1. The summed E-state index contributed by atoms with van der Waals surface area (Å²) in [5, 5.41) is 14.2. The Kier molecular flexibility index (Phi) is 8.74. The van der Waals surface area contributed by atoms with Gasteiger partial charge in [-0.2, -0.15) is 0 Å². The molecule has 0 radical (unpaired) electrons. The second-order valence-electron chi connectivity index (χ2n) is 7.32. The van der Waals surface area contributed by atoms with Crippen LogP contribution in [-0.2, 0) is 16.1 Å². The van der Waals surface area contributed by atoms with Crippen molar-refractivity contribution in [2.75, 3.05) is 18.2 Å². The quantitative estimate of drug-likeness (QED) is 0.250. The average molecular weight is 498 g/mol. The van der Waals surface area contributed by atoms with Crippen molar-refractivity contribution in [3.63, 3.8) is 0 Å². The zero-order chi connectivity index (χ0) is 25.4. The van der Waals surface area contributed by atoms with Gasteiger partial charge in [-0.25, -0.2) is 9.18 Å². The van der Waals surface area contributed by atoms with Gasteiger partial charge in [-0.1, -0.05) is 30.0 Å². The number of hydrogen-bond acceptors (Lipinski definition) is 7. The first-order chi connectivity index (χ1) is 16.8. The van der Waals surface area contributed by atoms with Gasteiger partial charge in [0.2, 0.25) is 5.91 Å². The first kappa shape index (κ1) is 25.6. The van der Waals surface area contributed by atoms with E-state index in [0.717, 1.165) is 11.8 Å². The van der Waals surface area contributed by atoms with E-state index >= 15 is 0 Å².